The molecule has 7 heteroatoms. The van der Waals surface area contributed by atoms with Gasteiger partial charge in [0.05, 0.1) is 14.2 Å². The zero-order valence-corrected chi connectivity index (χ0v) is 15.2. The van der Waals surface area contributed by atoms with E-state index in [0.29, 0.717) is 11.5 Å². The van der Waals surface area contributed by atoms with Gasteiger partial charge in [-0.05, 0) is 42.8 Å². The zero-order chi connectivity index (χ0) is 18.7. The molecule has 1 aromatic heterocycles. The van der Waals surface area contributed by atoms with Crippen LogP contribution in [-0.4, -0.2) is 29.5 Å². The number of aryl methyl sites for hydroxylation is 1. The maximum absolute atomic E-state index is 9.97. The minimum absolute atomic E-state index is 0.0807. The number of ether oxygens (including phenoxy) is 2. The average Bonchev–Trinajstić information content (AvgIpc) is 3.13. The molecule has 0 unspecified atom stereocenters. The van der Waals surface area contributed by atoms with Gasteiger partial charge in [0.25, 0.3) is 5.89 Å². The summed E-state index contributed by atoms with van der Waals surface area (Å²) in [7, 11) is 2.91. The maximum atomic E-state index is 9.97. The fraction of sp³-hybridized carbons (Fsp3) is 0.158. The highest BCUT2D eigenvalue weighted by molar-refractivity contribution is 6.50. The second-order valence-electron chi connectivity index (χ2n) is 5.55. The predicted octanol–water partition coefficient (Wildman–Crippen LogP) is 4.50. The summed E-state index contributed by atoms with van der Waals surface area (Å²) < 4.78 is 15.9. The standard InChI is InChI=1S/C19H17ClN2O4/c1-11-5-4-6-13(7-11)18-21-22-19(26-18)14(20)8-12-9-15(24-2)17(23)16(10-12)25-3/h4-10,23H,1-3H3/b14-8-. The molecule has 0 saturated carbocycles. The van der Waals surface area contributed by atoms with Crippen molar-refractivity contribution in [2.45, 2.75) is 6.92 Å². The number of phenols is 1. The van der Waals surface area contributed by atoms with Crippen LogP contribution in [0.2, 0.25) is 0 Å². The first kappa shape index (κ1) is 17.8. The van der Waals surface area contributed by atoms with Gasteiger partial charge in [0.2, 0.25) is 11.6 Å². The normalized spacial score (nSPS) is 11.5. The molecule has 0 aliphatic carbocycles. The van der Waals surface area contributed by atoms with Crippen molar-refractivity contribution in [2.24, 2.45) is 0 Å². The number of hydrogen-bond acceptors (Lipinski definition) is 6. The lowest BCUT2D eigenvalue weighted by molar-refractivity contribution is 0.340. The summed E-state index contributed by atoms with van der Waals surface area (Å²) in [4.78, 5) is 0. The Balaban J connectivity index is 1.94. The molecule has 3 rings (SSSR count). The number of benzene rings is 2. The van der Waals surface area contributed by atoms with Crippen molar-refractivity contribution in [3.8, 4) is 28.7 Å². The molecule has 0 spiro atoms. The van der Waals surface area contributed by atoms with Gasteiger partial charge in [-0.1, -0.05) is 29.3 Å². The lowest BCUT2D eigenvalue weighted by Crippen LogP contribution is -1.90. The van der Waals surface area contributed by atoms with E-state index in [1.165, 1.54) is 14.2 Å². The number of hydrogen-bond donors (Lipinski definition) is 1. The monoisotopic (exact) mass is 372 g/mol. The summed E-state index contributed by atoms with van der Waals surface area (Å²) >= 11 is 6.32. The number of rotatable bonds is 5. The topological polar surface area (TPSA) is 77.6 Å². The average molecular weight is 373 g/mol. The Bertz CT molecular complexity index is 941. The van der Waals surface area contributed by atoms with Crippen LogP contribution in [0.1, 0.15) is 17.0 Å². The molecule has 0 amide bonds. The van der Waals surface area contributed by atoms with E-state index in [2.05, 4.69) is 10.2 Å². The van der Waals surface area contributed by atoms with Crippen molar-refractivity contribution in [1.82, 2.24) is 10.2 Å². The fourth-order valence-electron chi connectivity index (χ4n) is 2.42. The van der Waals surface area contributed by atoms with E-state index in [4.69, 9.17) is 25.5 Å². The summed E-state index contributed by atoms with van der Waals surface area (Å²) in [5, 5.41) is 18.3. The Morgan fingerprint density at radius 3 is 2.42 bits per heavy atom. The van der Waals surface area contributed by atoms with Crippen LogP contribution in [0, 0.1) is 6.92 Å². The Labute approximate surface area is 155 Å². The SMILES string of the molecule is COc1cc(/C=C(\Cl)c2nnc(-c3cccc(C)c3)o2)cc(OC)c1O. The lowest BCUT2D eigenvalue weighted by Gasteiger charge is -2.09. The Morgan fingerprint density at radius 1 is 1.12 bits per heavy atom. The van der Waals surface area contributed by atoms with E-state index in [9.17, 15) is 5.11 Å². The highest BCUT2D eigenvalue weighted by Crippen LogP contribution is 2.38. The van der Waals surface area contributed by atoms with Crippen molar-refractivity contribution in [3.63, 3.8) is 0 Å². The molecule has 0 radical (unpaired) electrons. The smallest absolute Gasteiger partial charge is 0.259 e. The van der Waals surface area contributed by atoms with E-state index in [-0.39, 0.29) is 28.2 Å². The quantitative estimate of drug-likeness (QED) is 0.710. The summed E-state index contributed by atoms with van der Waals surface area (Å²) in [6.07, 6.45) is 1.62. The van der Waals surface area contributed by atoms with Gasteiger partial charge in [-0.2, -0.15) is 0 Å². The zero-order valence-electron chi connectivity index (χ0n) is 14.5. The Hall–Kier alpha value is -2.99. The second-order valence-corrected chi connectivity index (χ2v) is 5.96. The number of aromatic nitrogens is 2. The first-order chi connectivity index (χ1) is 12.5. The van der Waals surface area contributed by atoms with Gasteiger partial charge in [0, 0.05) is 5.56 Å². The molecular formula is C19H17ClN2O4. The largest absolute Gasteiger partial charge is 0.502 e. The van der Waals surface area contributed by atoms with Crippen LogP contribution in [0.4, 0.5) is 0 Å². The number of methoxy groups -OCH3 is 2. The van der Waals surface area contributed by atoms with Crippen LogP contribution >= 0.6 is 11.6 Å². The van der Waals surface area contributed by atoms with Crippen molar-refractivity contribution in [3.05, 3.63) is 53.4 Å². The van der Waals surface area contributed by atoms with Crippen LogP contribution < -0.4 is 9.47 Å². The lowest BCUT2D eigenvalue weighted by atomic mass is 10.1. The molecule has 6 nitrogen and oxygen atoms in total. The van der Waals surface area contributed by atoms with Crippen LogP contribution in [0.15, 0.2) is 40.8 Å². The van der Waals surface area contributed by atoms with Gasteiger partial charge in [-0.3, -0.25) is 0 Å². The fourth-order valence-corrected chi connectivity index (χ4v) is 2.62. The molecule has 0 atom stereocenters. The Kier molecular flexibility index (Phi) is 5.14. The molecule has 3 aromatic rings. The number of aromatic hydroxyl groups is 1. The van der Waals surface area contributed by atoms with E-state index in [1.807, 2.05) is 31.2 Å². The third kappa shape index (κ3) is 3.65. The Morgan fingerprint density at radius 2 is 1.81 bits per heavy atom. The van der Waals surface area contributed by atoms with E-state index >= 15 is 0 Å². The highest BCUT2D eigenvalue weighted by atomic mass is 35.5. The minimum Gasteiger partial charge on any atom is -0.502 e. The first-order valence-electron chi connectivity index (χ1n) is 7.75. The third-order valence-corrected chi connectivity index (χ3v) is 3.96. The van der Waals surface area contributed by atoms with E-state index in [1.54, 1.807) is 18.2 Å². The van der Waals surface area contributed by atoms with Crippen LogP contribution in [0.25, 0.3) is 22.6 Å². The molecule has 1 heterocycles. The number of nitrogens with zero attached hydrogens (tertiary/aromatic N) is 2. The van der Waals surface area contributed by atoms with Crippen molar-refractivity contribution in [2.75, 3.05) is 14.2 Å². The minimum atomic E-state index is -0.0807. The van der Waals surface area contributed by atoms with Crippen molar-refractivity contribution >= 4 is 22.7 Å². The third-order valence-electron chi connectivity index (χ3n) is 3.69. The number of phenolic OH excluding ortho intramolecular Hbond substituents is 1. The second kappa shape index (κ2) is 7.49. The summed E-state index contributed by atoms with van der Waals surface area (Å²) in [5.41, 5.74) is 2.56. The molecule has 0 fully saturated rings. The highest BCUT2D eigenvalue weighted by Gasteiger charge is 2.14. The van der Waals surface area contributed by atoms with E-state index < -0.39 is 0 Å². The summed E-state index contributed by atoms with van der Waals surface area (Å²) in [6, 6.07) is 11.0. The molecule has 0 aliphatic rings. The molecule has 26 heavy (non-hydrogen) atoms. The van der Waals surface area contributed by atoms with Gasteiger partial charge < -0.3 is 19.0 Å². The van der Waals surface area contributed by atoms with Gasteiger partial charge in [-0.15, -0.1) is 10.2 Å². The molecular weight excluding hydrogens is 356 g/mol. The van der Waals surface area contributed by atoms with Crippen molar-refractivity contribution in [1.29, 1.82) is 0 Å². The molecule has 134 valence electrons. The maximum Gasteiger partial charge on any atom is 0.259 e. The molecule has 0 bridgehead atoms. The van der Waals surface area contributed by atoms with Crippen LogP contribution in [-0.2, 0) is 0 Å². The first-order valence-corrected chi connectivity index (χ1v) is 8.12. The number of halogens is 1. The van der Waals surface area contributed by atoms with E-state index in [0.717, 1.165) is 11.1 Å². The molecule has 2 aromatic carbocycles. The predicted molar refractivity (Wildman–Crippen MR) is 99.4 cm³/mol. The van der Waals surface area contributed by atoms with Gasteiger partial charge in [0.1, 0.15) is 5.03 Å². The van der Waals surface area contributed by atoms with Gasteiger partial charge in [0.15, 0.2) is 11.5 Å². The van der Waals surface area contributed by atoms with Gasteiger partial charge in [-0.25, -0.2) is 0 Å². The van der Waals surface area contributed by atoms with Crippen LogP contribution in [0.5, 0.6) is 17.2 Å². The summed E-state index contributed by atoms with van der Waals surface area (Å²) in [5.74, 6) is 1.03. The molecule has 0 saturated heterocycles. The van der Waals surface area contributed by atoms with Crippen LogP contribution in [0.3, 0.4) is 0 Å². The van der Waals surface area contributed by atoms with Gasteiger partial charge >= 0.3 is 0 Å². The molecule has 1 N–H and O–H groups in total. The summed E-state index contributed by atoms with van der Waals surface area (Å²) in [6.45, 7) is 1.99. The molecule has 0 aliphatic heterocycles. The van der Waals surface area contributed by atoms with Crippen molar-refractivity contribution < 1.29 is 19.0 Å².